The van der Waals surface area contributed by atoms with Crippen LogP contribution >= 0.6 is 11.6 Å². The molecule has 2 aromatic carbocycles. The van der Waals surface area contributed by atoms with E-state index in [-0.39, 0.29) is 41.9 Å². The van der Waals surface area contributed by atoms with Gasteiger partial charge in [0.2, 0.25) is 17.7 Å². The molecule has 180 valence electrons. The van der Waals surface area contributed by atoms with Crippen LogP contribution in [-0.4, -0.2) is 46.8 Å². The molecule has 2 aliphatic heterocycles. The van der Waals surface area contributed by atoms with Crippen LogP contribution in [0.15, 0.2) is 48.5 Å². The Kier molecular flexibility index (Phi) is 7.24. The number of likely N-dealkylation sites (tertiary alicyclic amines) is 1. The highest BCUT2D eigenvalue weighted by atomic mass is 35.5. The fourth-order valence-electron chi connectivity index (χ4n) is 5.39. The van der Waals surface area contributed by atoms with Crippen molar-refractivity contribution in [2.75, 3.05) is 17.2 Å². The number of fused-ring (bicyclic) bond motifs is 1. The van der Waals surface area contributed by atoms with Crippen molar-refractivity contribution in [3.63, 3.8) is 0 Å². The van der Waals surface area contributed by atoms with E-state index in [2.05, 4.69) is 39.9 Å². The van der Waals surface area contributed by atoms with Gasteiger partial charge in [0.25, 0.3) is 0 Å². The number of nitrogens with zero attached hydrogens (tertiary/aromatic N) is 1. The highest BCUT2D eigenvalue weighted by Gasteiger charge is 2.50. The van der Waals surface area contributed by atoms with Gasteiger partial charge >= 0.3 is 0 Å². The molecule has 0 saturated carbocycles. The predicted octanol–water partition coefficient (Wildman–Crippen LogP) is 3.98. The maximum Gasteiger partial charge on any atom is 0.238 e. The van der Waals surface area contributed by atoms with Crippen LogP contribution in [0.2, 0.25) is 5.02 Å². The number of amides is 3. The number of hydrogen-bond acceptors (Lipinski definition) is 4. The molecule has 0 spiro atoms. The minimum absolute atomic E-state index is 0.0797. The molecule has 2 aliphatic rings. The molecule has 2 heterocycles. The van der Waals surface area contributed by atoms with E-state index in [1.807, 2.05) is 18.2 Å². The molecule has 3 N–H and O–H groups in total. The molecule has 34 heavy (non-hydrogen) atoms. The summed E-state index contributed by atoms with van der Waals surface area (Å²) in [6, 6.07) is 15.5. The van der Waals surface area contributed by atoms with Crippen LogP contribution in [0.1, 0.15) is 45.1 Å². The molecule has 4 rings (SSSR count). The van der Waals surface area contributed by atoms with Gasteiger partial charge in [-0.15, -0.1) is 0 Å². The normalized spacial score (nSPS) is 24.6. The van der Waals surface area contributed by atoms with E-state index in [0.29, 0.717) is 22.8 Å². The molecule has 0 aliphatic carbocycles. The van der Waals surface area contributed by atoms with Gasteiger partial charge in [0.15, 0.2) is 0 Å². The van der Waals surface area contributed by atoms with E-state index < -0.39 is 0 Å². The van der Waals surface area contributed by atoms with E-state index >= 15 is 0 Å². The highest BCUT2D eigenvalue weighted by molar-refractivity contribution is 6.34. The molecule has 2 fully saturated rings. The van der Waals surface area contributed by atoms with E-state index in [1.165, 1.54) is 12.5 Å². The van der Waals surface area contributed by atoms with Crippen molar-refractivity contribution < 1.29 is 14.4 Å². The first kappa shape index (κ1) is 24.2. The van der Waals surface area contributed by atoms with Gasteiger partial charge in [0.05, 0.1) is 22.8 Å². The Labute approximate surface area is 205 Å². The average Bonchev–Trinajstić information content (AvgIpc) is 2.90. The minimum Gasteiger partial charge on any atom is -0.349 e. The quantitative estimate of drug-likeness (QED) is 0.580. The summed E-state index contributed by atoms with van der Waals surface area (Å²) < 4.78 is 0. The lowest BCUT2D eigenvalue weighted by Crippen LogP contribution is -2.54. The molecule has 3 amide bonds. The lowest BCUT2D eigenvalue weighted by atomic mass is 9.89. The molecular weight excluding hydrogens is 452 g/mol. The van der Waals surface area contributed by atoms with Crippen LogP contribution in [0.4, 0.5) is 11.4 Å². The van der Waals surface area contributed by atoms with E-state index in [4.69, 9.17) is 11.6 Å². The Morgan fingerprint density at radius 2 is 1.94 bits per heavy atom. The molecule has 7 nitrogen and oxygen atoms in total. The summed E-state index contributed by atoms with van der Waals surface area (Å²) >= 11 is 6.35. The third-order valence-electron chi connectivity index (χ3n) is 6.77. The predicted molar refractivity (Wildman–Crippen MR) is 134 cm³/mol. The molecule has 0 bridgehead atoms. The second-order valence-electron chi connectivity index (χ2n) is 9.52. The van der Waals surface area contributed by atoms with Crippen molar-refractivity contribution in [3.05, 3.63) is 59.1 Å². The second-order valence-corrected chi connectivity index (χ2v) is 9.92. The summed E-state index contributed by atoms with van der Waals surface area (Å²) in [5.41, 5.74) is 1.91. The van der Waals surface area contributed by atoms with Crippen molar-refractivity contribution in [3.8, 4) is 0 Å². The Bertz CT molecular complexity index is 1080. The van der Waals surface area contributed by atoms with Gasteiger partial charge < -0.3 is 16.0 Å². The fourth-order valence-corrected chi connectivity index (χ4v) is 5.61. The number of anilines is 2. The van der Waals surface area contributed by atoms with Crippen LogP contribution in [0.3, 0.4) is 0 Å². The molecule has 0 radical (unpaired) electrons. The first-order valence-corrected chi connectivity index (χ1v) is 12.1. The largest absolute Gasteiger partial charge is 0.349 e. The second kappa shape index (κ2) is 10.2. The highest BCUT2D eigenvalue weighted by Crippen LogP contribution is 2.39. The number of halogens is 1. The van der Waals surface area contributed by atoms with Crippen molar-refractivity contribution in [1.82, 2.24) is 10.2 Å². The van der Waals surface area contributed by atoms with Gasteiger partial charge in [0.1, 0.15) is 0 Å². The summed E-state index contributed by atoms with van der Waals surface area (Å²) in [5.74, 6) is -0.266. The SMILES string of the molecule is CC(=O)Nc1ccc(NC(=O)CN2[C@H](Cc3ccccc3)C[C@]3(C)NC(=O)CCC[C@H]23)c(Cl)c1. The van der Waals surface area contributed by atoms with Gasteiger partial charge in [0, 0.05) is 31.1 Å². The van der Waals surface area contributed by atoms with Gasteiger partial charge in [-0.3, -0.25) is 19.3 Å². The molecule has 3 atom stereocenters. The smallest absolute Gasteiger partial charge is 0.238 e. The fraction of sp³-hybridized carbons (Fsp3) is 0.423. The summed E-state index contributed by atoms with van der Waals surface area (Å²) in [5, 5.41) is 9.21. The van der Waals surface area contributed by atoms with Gasteiger partial charge in [-0.05, 0) is 56.4 Å². The molecule has 8 heteroatoms. The molecule has 2 saturated heterocycles. The Morgan fingerprint density at radius 3 is 2.65 bits per heavy atom. The van der Waals surface area contributed by atoms with Crippen molar-refractivity contribution in [2.45, 2.75) is 63.6 Å². The van der Waals surface area contributed by atoms with Crippen molar-refractivity contribution in [2.24, 2.45) is 0 Å². The van der Waals surface area contributed by atoms with Crippen LogP contribution < -0.4 is 16.0 Å². The molecular formula is C26H31ClN4O3. The summed E-state index contributed by atoms with van der Waals surface area (Å²) in [6.07, 6.45) is 3.78. The summed E-state index contributed by atoms with van der Waals surface area (Å²) in [6.45, 7) is 3.74. The van der Waals surface area contributed by atoms with Crippen LogP contribution in [0, 0.1) is 0 Å². The number of hydrogen-bond donors (Lipinski definition) is 3. The zero-order valence-corrected chi connectivity index (χ0v) is 20.3. The maximum atomic E-state index is 13.1. The van der Waals surface area contributed by atoms with Crippen molar-refractivity contribution >= 4 is 40.7 Å². The van der Waals surface area contributed by atoms with E-state index in [1.54, 1.807) is 18.2 Å². The van der Waals surface area contributed by atoms with E-state index in [0.717, 1.165) is 25.7 Å². The Morgan fingerprint density at radius 1 is 1.18 bits per heavy atom. The third-order valence-corrected chi connectivity index (χ3v) is 7.09. The Hall–Kier alpha value is -2.90. The first-order chi connectivity index (χ1) is 16.2. The standard InChI is InChI=1S/C26H31ClN4O3/c1-17(32)28-19-11-12-22(21(27)14-19)29-25(34)16-31-20(13-18-7-4-3-5-8-18)15-26(2)23(31)9-6-10-24(33)30-26/h3-5,7-8,11-12,14,20,23H,6,9-10,13,15-16H2,1-2H3,(H,28,32)(H,29,34)(H,30,33)/t20-,23+,26+/m1/s1. The van der Waals surface area contributed by atoms with Gasteiger partial charge in [-0.2, -0.15) is 0 Å². The average molecular weight is 483 g/mol. The van der Waals surface area contributed by atoms with Crippen LogP contribution in [0.25, 0.3) is 0 Å². The molecule has 0 unspecified atom stereocenters. The van der Waals surface area contributed by atoms with E-state index in [9.17, 15) is 14.4 Å². The lowest BCUT2D eigenvalue weighted by Gasteiger charge is -2.34. The van der Waals surface area contributed by atoms with Crippen LogP contribution in [-0.2, 0) is 20.8 Å². The summed E-state index contributed by atoms with van der Waals surface area (Å²) in [4.78, 5) is 39.0. The van der Waals surface area contributed by atoms with Crippen LogP contribution in [0.5, 0.6) is 0 Å². The maximum absolute atomic E-state index is 13.1. The Balaban J connectivity index is 1.52. The zero-order chi connectivity index (χ0) is 24.3. The number of benzene rings is 2. The molecule has 2 aromatic rings. The number of carbonyl (C=O) groups excluding carboxylic acids is 3. The minimum atomic E-state index is -0.370. The number of carbonyl (C=O) groups is 3. The lowest BCUT2D eigenvalue weighted by molar-refractivity contribution is -0.122. The van der Waals surface area contributed by atoms with Gasteiger partial charge in [-0.1, -0.05) is 41.9 Å². The monoisotopic (exact) mass is 482 g/mol. The third kappa shape index (κ3) is 5.59. The topological polar surface area (TPSA) is 90.5 Å². The summed E-state index contributed by atoms with van der Waals surface area (Å²) in [7, 11) is 0. The number of nitrogens with one attached hydrogen (secondary N) is 3. The van der Waals surface area contributed by atoms with Gasteiger partial charge in [-0.25, -0.2) is 0 Å². The molecule has 0 aromatic heterocycles. The zero-order valence-electron chi connectivity index (χ0n) is 19.6. The first-order valence-electron chi connectivity index (χ1n) is 11.7. The number of rotatable bonds is 6. The van der Waals surface area contributed by atoms with Crippen molar-refractivity contribution in [1.29, 1.82) is 0 Å².